The van der Waals surface area contributed by atoms with Crippen molar-refractivity contribution in [3.8, 4) is 10.6 Å². The Morgan fingerprint density at radius 1 is 1.18 bits per heavy atom. The molecule has 1 aromatic heterocycles. The van der Waals surface area contributed by atoms with Crippen molar-refractivity contribution in [1.82, 2.24) is 10.2 Å². The van der Waals surface area contributed by atoms with Crippen LogP contribution in [0, 0.1) is 17.5 Å². The fraction of sp³-hybridized carbons (Fsp3) is 0.200. The molecule has 0 aliphatic rings. The normalized spacial score (nSPS) is 12.8. The van der Waals surface area contributed by atoms with Crippen LogP contribution in [0.4, 0.5) is 13.2 Å². The van der Waals surface area contributed by atoms with Gasteiger partial charge in [-0.1, -0.05) is 11.3 Å². The first-order chi connectivity index (χ1) is 8.00. The fourth-order valence-corrected chi connectivity index (χ4v) is 2.03. The van der Waals surface area contributed by atoms with E-state index in [1.54, 1.807) is 6.92 Å². The highest BCUT2D eigenvalue weighted by Gasteiger charge is 2.18. The van der Waals surface area contributed by atoms with Crippen LogP contribution < -0.4 is 5.73 Å². The Labute approximate surface area is 99.1 Å². The Morgan fingerprint density at radius 3 is 2.47 bits per heavy atom. The Balaban J connectivity index is 2.49. The van der Waals surface area contributed by atoms with E-state index in [0.29, 0.717) is 5.01 Å². The third-order valence-corrected chi connectivity index (χ3v) is 3.25. The summed E-state index contributed by atoms with van der Waals surface area (Å²) in [5.74, 6) is -4.01. The van der Waals surface area contributed by atoms with Gasteiger partial charge in [0.1, 0.15) is 5.01 Å². The average molecular weight is 259 g/mol. The summed E-state index contributed by atoms with van der Waals surface area (Å²) < 4.78 is 39.2. The molecule has 1 aromatic carbocycles. The number of rotatable bonds is 2. The van der Waals surface area contributed by atoms with Gasteiger partial charge in [0.15, 0.2) is 22.5 Å². The van der Waals surface area contributed by atoms with Gasteiger partial charge in [-0.2, -0.15) is 0 Å². The van der Waals surface area contributed by atoms with Gasteiger partial charge in [-0.25, -0.2) is 13.2 Å². The van der Waals surface area contributed by atoms with Gasteiger partial charge >= 0.3 is 0 Å². The van der Waals surface area contributed by atoms with Crippen molar-refractivity contribution in [2.45, 2.75) is 13.0 Å². The molecular formula is C10H8F3N3S. The molecule has 0 fully saturated rings. The second-order valence-corrected chi connectivity index (χ2v) is 4.47. The monoisotopic (exact) mass is 259 g/mol. The summed E-state index contributed by atoms with van der Waals surface area (Å²) in [5.41, 5.74) is 5.46. The molecule has 0 aliphatic carbocycles. The Bertz CT molecular complexity index is 554. The third-order valence-electron chi connectivity index (χ3n) is 2.10. The molecule has 0 bridgehead atoms. The van der Waals surface area contributed by atoms with Crippen LogP contribution in [0.15, 0.2) is 12.1 Å². The molecule has 1 unspecified atom stereocenters. The summed E-state index contributed by atoms with van der Waals surface area (Å²) in [6.45, 7) is 1.70. The Morgan fingerprint density at radius 2 is 1.88 bits per heavy atom. The van der Waals surface area contributed by atoms with Gasteiger partial charge in [-0.05, 0) is 19.1 Å². The first-order valence-corrected chi connectivity index (χ1v) is 5.55. The van der Waals surface area contributed by atoms with Crippen LogP contribution in [-0.2, 0) is 0 Å². The van der Waals surface area contributed by atoms with Crippen molar-refractivity contribution < 1.29 is 13.2 Å². The van der Waals surface area contributed by atoms with E-state index in [1.807, 2.05) is 0 Å². The molecule has 3 nitrogen and oxygen atoms in total. The summed E-state index contributed by atoms with van der Waals surface area (Å²) in [7, 11) is 0. The first-order valence-electron chi connectivity index (χ1n) is 4.73. The van der Waals surface area contributed by atoms with E-state index in [-0.39, 0.29) is 16.6 Å². The molecule has 2 aromatic rings. The van der Waals surface area contributed by atoms with Gasteiger partial charge in [-0.3, -0.25) is 0 Å². The van der Waals surface area contributed by atoms with E-state index in [2.05, 4.69) is 10.2 Å². The molecule has 7 heteroatoms. The Hall–Kier alpha value is -1.47. The lowest BCUT2D eigenvalue weighted by atomic mass is 10.2. The van der Waals surface area contributed by atoms with Crippen molar-refractivity contribution in [2.24, 2.45) is 5.73 Å². The van der Waals surface area contributed by atoms with E-state index in [9.17, 15) is 13.2 Å². The van der Waals surface area contributed by atoms with Crippen molar-refractivity contribution in [1.29, 1.82) is 0 Å². The maximum atomic E-state index is 13.5. The lowest BCUT2D eigenvalue weighted by Gasteiger charge is -2.00. The zero-order valence-corrected chi connectivity index (χ0v) is 9.56. The molecule has 2 rings (SSSR count). The minimum Gasteiger partial charge on any atom is -0.322 e. The van der Waals surface area contributed by atoms with Crippen LogP contribution in [0.3, 0.4) is 0 Å². The van der Waals surface area contributed by atoms with Crippen molar-refractivity contribution in [3.63, 3.8) is 0 Å². The lowest BCUT2D eigenvalue weighted by Crippen LogP contribution is -2.03. The SMILES string of the molecule is CC(N)c1nnc(-c2ccc(F)c(F)c2F)s1. The Kier molecular flexibility index (Phi) is 3.12. The second-order valence-electron chi connectivity index (χ2n) is 3.46. The molecule has 0 radical (unpaired) electrons. The van der Waals surface area contributed by atoms with E-state index in [0.717, 1.165) is 23.5 Å². The summed E-state index contributed by atoms with van der Waals surface area (Å²) in [4.78, 5) is 0. The van der Waals surface area contributed by atoms with Crippen LogP contribution in [0.2, 0.25) is 0 Å². The highest BCUT2D eigenvalue weighted by atomic mass is 32.1. The van der Waals surface area contributed by atoms with E-state index in [1.165, 1.54) is 0 Å². The molecule has 0 amide bonds. The number of benzene rings is 1. The number of halogens is 3. The van der Waals surface area contributed by atoms with Crippen LogP contribution in [0.1, 0.15) is 18.0 Å². The van der Waals surface area contributed by atoms with Gasteiger partial charge in [-0.15, -0.1) is 10.2 Å². The van der Waals surface area contributed by atoms with Gasteiger partial charge in [0, 0.05) is 0 Å². The number of nitrogens with zero attached hydrogens (tertiary/aromatic N) is 2. The molecule has 0 aliphatic heterocycles. The summed E-state index contributed by atoms with van der Waals surface area (Å²) in [6, 6.07) is 1.63. The predicted molar refractivity (Wildman–Crippen MR) is 57.8 cm³/mol. The quantitative estimate of drug-likeness (QED) is 0.843. The standard InChI is InChI=1S/C10H8F3N3S/c1-4(14)9-15-16-10(17-9)5-2-3-6(11)8(13)7(5)12/h2-4H,14H2,1H3. The molecule has 90 valence electrons. The smallest absolute Gasteiger partial charge is 0.195 e. The zero-order valence-electron chi connectivity index (χ0n) is 8.75. The third kappa shape index (κ3) is 2.16. The molecule has 1 heterocycles. The summed E-state index contributed by atoms with van der Waals surface area (Å²) in [6.07, 6.45) is 0. The van der Waals surface area contributed by atoms with Crippen molar-refractivity contribution in [3.05, 3.63) is 34.6 Å². The molecule has 1 atom stereocenters. The molecule has 2 N–H and O–H groups in total. The molecule has 0 saturated heterocycles. The number of aromatic nitrogens is 2. The van der Waals surface area contributed by atoms with Crippen LogP contribution in [0.25, 0.3) is 10.6 Å². The highest BCUT2D eigenvalue weighted by Crippen LogP contribution is 2.29. The zero-order chi connectivity index (χ0) is 12.6. The maximum absolute atomic E-state index is 13.5. The highest BCUT2D eigenvalue weighted by molar-refractivity contribution is 7.14. The van der Waals surface area contributed by atoms with Crippen LogP contribution in [-0.4, -0.2) is 10.2 Å². The lowest BCUT2D eigenvalue weighted by molar-refractivity contribution is 0.449. The molecular weight excluding hydrogens is 251 g/mol. The van der Waals surface area contributed by atoms with Crippen LogP contribution in [0.5, 0.6) is 0 Å². The molecule has 0 saturated carbocycles. The minimum atomic E-state index is -1.51. The van der Waals surface area contributed by atoms with Crippen molar-refractivity contribution in [2.75, 3.05) is 0 Å². The minimum absolute atomic E-state index is 0.117. The van der Waals surface area contributed by atoms with Gasteiger partial charge in [0.05, 0.1) is 11.6 Å². The average Bonchev–Trinajstić information content (AvgIpc) is 2.75. The predicted octanol–water partition coefficient (Wildman–Crippen LogP) is 2.64. The maximum Gasteiger partial charge on any atom is 0.195 e. The summed E-state index contributed by atoms with van der Waals surface area (Å²) in [5, 5.41) is 8.12. The van der Waals surface area contributed by atoms with E-state index in [4.69, 9.17) is 5.73 Å². The topological polar surface area (TPSA) is 51.8 Å². The van der Waals surface area contributed by atoms with E-state index < -0.39 is 17.5 Å². The van der Waals surface area contributed by atoms with Gasteiger partial charge in [0.25, 0.3) is 0 Å². The first kappa shape index (κ1) is 12.0. The van der Waals surface area contributed by atoms with Gasteiger partial charge < -0.3 is 5.73 Å². The molecule has 17 heavy (non-hydrogen) atoms. The van der Waals surface area contributed by atoms with Crippen molar-refractivity contribution >= 4 is 11.3 Å². The van der Waals surface area contributed by atoms with E-state index >= 15 is 0 Å². The number of hydrogen-bond donors (Lipinski definition) is 1. The van der Waals surface area contributed by atoms with Crippen LogP contribution >= 0.6 is 11.3 Å². The summed E-state index contributed by atoms with van der Waals surface area (Å²) >= 11 is 1.05. The van der Waals surface area contributed by atoms with Gasteiger partial charge in [0.2, 0.25) is 0 Å². The number of hydrogen-bond acceptors (Lipinski definition) is 4. The number of nitrogens with two attached hydrogens (primary N) is 1. The fourth-order valence-electron chi connectivity index (χ4n) is 1.22. The largest absolute Gasteiger partial charge is 0.322 e. The second kappa shape index (κ2) is 4.42. The molecule has 0 spiro atoms.